The number of aromatic nitrogens is 1. The molecule has 0 aliphatic heterocycles. The summed E-state index contributed by atoms with van der Waals surface area (Å²) in [4.78, 5) is 24.2. The largest absolute Gasteiger partial charge is 0.481 e. The number of aliphatic carboxylic acids is 1. The number of sulfone groups is 1. The number of carboxylic acid groups (broad SMARTS) is 1. The van der Waals surface area contributed by atoms with Crippen LogP contribution in [0.2, 0.25) is 5.02 Å². The topological polar surface area (TPSA) is 103 Å². The van der Waals surface area contributed by atoms with E-state index in [9.17, 15) is 18.0 Å². The zero-order chi connectivity index (χ0) is 22.2. The van der Waals surface area contributed by atoms with Crippen molar-refractivity contribution in [1.29, 1.82) is 0 Å². The summed E-state index contributed by atoms with van der Waals surface area (Å²) in [5.41, 5.74) is 2.09. The number of fused-ring (bicyclic) bond motifs is 1. The molecule has 0 saturated heterocycles. The molecule has 7 nitrogen and oxygen atoms in total. The zero-order valence-electron chi connectivity index (χ0n) is 16.6. The minimum atomic E-state index is -3.31. The van der Waals surface area contributed by atoms with Crippen LogP contribution in [0.25, 0.3) is 10.9 Å². The highest BCUT2D eigenvalue weighted by molar-refractivity contribution is 7.90. The predicted octanol–water partition coefficient (Wildman–Crippen LogP) is 2.96. The Morgan fingerprint density at radius 3 is 2.37 bits per heavy atom. The fourth-order valence-corrected chi connectivity index (χ4v) is 4.29. The molecule has 0 radical (unpaired) electrons. The molecule has 9 heteroatoms. The normalized spacial score (nSPS) is 11.6. The van der Waals surface area contributed by atoms with Crippen molar-refractivity contribution in [2.24, 2.45) is 7.05 Å². The first-order chi connectivity index (χ1) is 14.0. The number of pyridine rings is 1. The zero-order valence-corrected chi connectivity index (χ0v) is 18.2. The predicted molar refractivity (Wildman–Crippen MR) is 114 cm³/mol. The van der Waals surface area contributed by atoms with E-state index < -0.39 is 22.4 Å². The number of benzene rings is 2. The van der Waals surface area contributed by atoms with Gasteiger partial charge in [-0.2, -0.15) is 0 Å². The Balaban J connectivity index is 2.17. The van der Waals surface area contributed by atoms with Gasteiger partial charge < -0.3 is 14.4 Å². The molecule has 0 amide bonds. The van der Waals surface area contributed by atoms with Crippen LogP contribution in [-0.4, -0.2) is 36.9 Å². The van der Waals surface area contributed by atoms with Gasteiger partial charge in [-0.05, 0) is 42.3 Å². The van der Waals surface area contributed by atoms with Gasteiger partial charge in [0.2, 0.25) is 0 Å². The number of halogens is 1. The molecule has 0 bridgehead atoms. The average Bonchev–Trinajstić information content (AvgIpc) is 2.68. The maximum absolute atomic E-state index is 13.0. The van der Waals surface area contributed by atoms with Gasteiger partial charge in [0, 0.05) is 30.7 Å². The van der Waals surface area contributed by atoms with Crippen LogP contribution in [0.4, 0.5) is 0 Å². The van der Waals surface area contributed by atoms with Gasteiger partial charge in [-0.25, -0.2) is 13.2 Å². The molecular weight excluding hydrogens is 430 g/mol. The lowest BCUT2D eigenvalue weighted by molar-refractivity contribution is -0.139. The second kappa shape index (κ2) is 8.12. The number of ether oxygens (including phenoxy) is 1. The summed E-state index contributed by atoms with van der Waals surface area (Å²) < 4.78 is 30.2. The molecule has 0 atom stereocenters. The molecular formula is C21H20ClNO6S. The standard InChI is InChI=1S/C21H20ClNO6S/c1-12-15(10-13-4-6-14(7-5-13)30(3,27)28)21(26)23(2)20-16(22)8-9-17(19(12)20)29-11-18(24)25/h4-9H,10-11H2,1-3H3,(H,24,25). The van der Waals surface area contributed by atoms with Crippen LogP contribution in [0.15, 0.2) is 46.1 Å². The van der Waals surface area contributed by atoms with E-state index in [1.54, 1.807) is 38.2 Å². The van der Waals surface area contributed by atoms with Gasteiger partial charge in [0.15, 0.2) is 16.4 Å². The van der Waals surface area contributed by atoms with Crippen molar-refractivity contribution < 1.29 is 23.1 Å². The van der Waals surface area contributed by atoms with Crippen molar-refractivity contribution >= 4 is 38.3 Å². The highest BCUT2D eigenvalue weighted by atomic mass is 35.5. The summed E-state index contributed by atoms with van der Waals surface area (Å²) in [6, 6.07) is 9.48. The molecule has 3 aromatic rings. The van der Waals surface area contributed by atoms with E-state index in [1.165, 1.54) is 16.7 Å². The Hall–Kier alpha value is -2.84. The van der Waals surface area contributed by atoms with E-state index in [0.29, 0.717) is 32.8 Å². The molecule has 158 valence electrons. The van der Waals surface area contributed by atoms with E-state index in [2.05, 4.69) is 0 Å². The van der Waals surface area contributed by atoms with Crippen molar-refractivity contribution in [3.05, 3.63) is 68.5 Å². The monoisotopic (exact) mass is 449 g/mol. The molecule has 1 aromatic heterocycles. The van der Waals surface area contributed by atoms with E-state index in [-0.39, 0.29) is 16.9 Å². The lowest BCUT2D eigenvalue weighted by Gasteiger charge is -2.17. The van der Waals surface area contributed by atoms with E-state index >= 15 is 0 Å². The first-order valence-corrected chi connectivity index (χ1v) is 11.2. The second-order valence-corrected chi connectivity index (χ2v) is 9.44. The molecule has 30 heavy (non-hydrogen) atoms. The number of hydrogen-bond acceptors (Lipinski definition) is 5. The number of carboxylic acids is 1. The van der Waals surface area contributed by atoms with Gasteiger partial charge in [-0.15, -0.1) is 0 Å². The Kier molecular flexibility index (Phi) is 5.92. The Morgan fingerprint density at radius 2 is 1.80 bits per heavy atom. The molecule has 2 aromatic carbocycles. The minimum absolute atomic E-state index is 0.200. The van der Waals surface area contributed by atoms with E-state index in [0.717, 1.165) is 11.8 Å². The van der Waals surface area contributed by atoms with Gasteiger partial charge >= 0.3 is 5.97 Å². The third-order valence-corrected chi connectivity index (χ3v) is 6.33. The lowest BCUT2D eigenvalue weighted by Crippen LogP contribution is -2.24. The van der Waals surface area contributed by atoms with Crippen molar-refractivity contribution in [1.82, 2.24) is 4.57 Å². The fraction of sp³-hybridized carbons (Fsp3) is 0.238. The van der Waals surface area contributed by atoms with Crippen LogP contribution in [0.5, 0.6) is 5.75 Å². The van der Waals surface area contributed by atoms with Crippen LogP contribution >= 0.6 is 11.6 Å². The van der Waals surface area contributed by atoms with Crippen molar-refractivity contribution in [2.45, 2.75) is 18.2 Å². The van der Waals surface area contributed by atoms with Crippen LogP contribution in [-0.2, 0) is 28.1 Å². The average molecular weight is 450 g/mol. The van der Waals surface area contributed by atoms with Crippen LogP contribution in [0.1, 0.15) is 16.7 Å². The third kappa shape index (κ3) is 4.20. The molecule has 0 aliphatic carbocycles. The number of rotatable bonds is 6. The molecule has 3 rings (SSSR count). The van der Waals surface area contributed by atoms with Gasteiger partial charge in [0.05, 0.1) is 15.4 Å². The molecule has 0 spiro atoms. The Bertz CT molecular complexity index is 1310. The van der Waals surface area contributed by atoms with Crippen molar-refractivity contribution in [2.75, 3.05) is 12.9 Å². The molecule has 1 heterocycles. The molecule has 0 fully saturated rings. The molecule has 0 unspecified atom stereocenters. The van der Waals surface area contributed by atoms with E-state index in [4.69, 9.17) is 21.4 Å². The van der Waals surface area contributed by atoms with Crippen LogP contribution < -0.4 is 10.3 Å². The maximum Gasteiger partial charge on any atom is 0.341 e. The van der Waals surface area contributed by atoms with Crippen molar-refractivity contribution in [3.8, 4) is 5.75 Å². The molecule has 1 N–H and O–H groups in total. The summed E-state index contributed by atoms with van der Waals surface area (Å²) in [6.45, 7) is 1.23. The highest BCUT2D eigenvalue weighted by Gasteiger charge is 2.19. The summed E-state index contributed by atoms with van der Waals surface area (Å²) in [5.74, 6) is -0.801. The van der Waals surface area contributed by atoms with Crippen LogP contribution in [0.3, 0.4) is 0 Å². The second-order valence-electron chi connectivity index (χ2n) is 7.01. The van der Waals surface area contributed by atoms with Crippen LogP contribution in [0, 0.1) is 6.92 Å². The molecule has 0 aliphatic rings. The van der Waals surface area contributed by atoms with Gasteiger partial charge in [0.1, 0.15) is 5.75 Å². The summed E-state index contributed by atoms with van der Waals surface area (Å²) in [6.07, 6.45) is 1.40. The SMILES string of the molecule is Cc1c(Cc2ccc(S(C)(=O)=O)cc2)c(=O)n(C)c2c(Cl)ccc(OCC(=O)O)c12. The minimum Gasteiger partial charge on any atom is -0.481 e. The fourth-order valence-electron chi connectivity index (χ4n) is 3.38. The van der Waals surface area contributed by atoms with Crippen molar-refractivity contribution in [3.63, 3.8) is 0 Å². The van der Waals surface area contributed by atoms with E-state index in [1.807, 2.05) is 0 Å². The first kappa shape index (κ1) is 21.9. The highest BCUT2D eigenvalue weighted by Crippen LogP contribution is 2.34. The Labute approximate surface area is 178 Å². The maximum atomic E-state index is 13.0. The van der Waals surface area contributed by atoms with Gasteiger partial charge in [-0.3, -0.25) is 4.79 Å². The lowest BCUT2D eigenvalue weighted by atomic mass is 9.98. The Morgan fingerprint density at radius 1 is 1.17 bits per heavy atom. The summed E-state index contributed by atoms with van der Waals surface area (Å²) in [7, 11) is -1.72. The molecule has 0 saturated carbocycles. The smallest absolute Gasteiger partial charge is 0.341 e. The summed E-state index contributed by atoms with van der Waals surface area (Å²) >= 11 is 6.33. The van der Waals surface area contributed by atoms with Gasteiger partial charge in [0.25, 0.3) is 5.56 Å². The third-order valence-electron chi connectivity index (χ3n) is 4.90. The number of carbonyl (C=O) groups is 1. The van der Waals surface area contributed by atoms with Gasteiger partial charge in [-0.1, -0.05) is 23.7 Å². The summed E-state index contributed by atoms with van der Waals surface area (Å²) in [5, 5.41) is 9.86. The number of aryl methyl sites for hydroxylation is 2. The first-order valence-electron chi connectivity index (χ1n) is 8.95. The number of hydrogen-bond donors (Lipinski definition) is 1. The quantitative estimate of drug-likeness (QED) is 0.620. The number of nitrogens with zero attached hydrogens (tertiary/aromatic N) is 1.